The molecule has 5 heteroatoms. The second-order valence-corrected chi connectivity index (χ2v) is 8.19. The highest BCUT2D eigenvalue weighted by Gasteiger charge is 2.27. The molecule has 0 unspecified atom stereocenters. The molecule has 2 fully saturated rings. The molecule has 2 aliphatic heterocycles. The van der Waals surface area contributed by atoms with Crippen LogP contribution in [0.1, 0.15) is 29.6 Å². The van der Waals surface area contributed by atoms with Crippen molar-refractivity contribution in [3.8, 4) is 0 Å². The van der Waals surface area contributed by atoms with E-state index in [2.05, 4.69) is 37.9 Å². The monoisotopic (exact) mass is 382 g/mol. The standard InChI is InChI=1S/C17H23BrN2OS/c18-16-4-2-1-3-15(16)17(21)19-11-13-5-8-20(9-6-13)14-7-10-22-12-14/h1-4,13-14H,5-12H2,(H,19,21)/t14-/m1/s1. The van der Waals surface area contributed by atoms with Crippen molar-refractivity contribution in [2.45, 2.75) is 25.3 Å². The first-order chi connectivity index (χ1) is 10.7. The van der Waals surface area contributed by atoms with Gasteiger partial charge in [0.1, 0.15) is 0 Å². The van der Waals surface area contributed by atoms with Gasteiger partial charge in [-0.15, -0.1) is 0 Å². The Balaban J connectivity index is 1.43. The molecule has 2 aliphatic rings. The van der Waals surface area contributed by atoms with E-state index < -0.39 is 0 Å². The van der Waals surface area contributed by atoms with E-state index in [-0.39, 0.29) is 5.91 Å². The smallest absolute Gasteiger partial charge is 0.252 e. The van der Waals surface area contributed by atoms with Gasteiger partial charge in [0.2, 0.25) is 0 Å². The van der Waals surface area contributed by atoms with Gasteiger partial charge in [0.05, 0.1) is 5.56 Å². The first-order valence-electron chi connectivity index (χ1n) is 8.08. The summed E-state index contributed by atoms with van der Waals surface area (Å²) in [6, 6.07) is 8.41. The zero-order valence-corrected chi connectivity index (χ0v) is 15.2. The molecule has 0 aliphatic carbocycles. The van der Waals surface area contributed by atoms with Crippen molar-refractivity contribution in [3.05, 3.63) is 34.3 Å². The van der Waals surface area contributed by atoms with Gasteiger partial charge in [0, 0.05) is 22.8 Å². The van der Waals surface area contributed by atoms with Crippen LogP contribution in [0.3, 0.4) is 0 Å². The van der Waals surface area contributed by atoms with Crippen LogP contribution in [0.15, 0.2) is 28.7 Å². The topological polar surface area (TPSA) is 32.3 Å². The van der Waals surface area contributed by atoms with E-state index in [1.54, 1.807) is 0 Å². The van der Waals surface area contributed by atoms with Crippen LogP contribution in [0.5, 0.6) is 0 Å². The van der Waals surface area contributed by atoms with Crippen molar-refractivity contribution in [1.29, 1.82) is 0 Å². The summed E-state index contributed by atoms with van der Waals surface area (Å²) < 4.78 is 0.862. The zero-order valence-electron chi connectivity index (χ0n) is 12.8. The number of halogens is 1. The van der Waals surface area contributed by atoms with Gasteiger partial charge in [-0.3, -0.25) is 9.69 Å². The average Bonchev–Trinajstić information content (AvgIpc) is 3.08. The number of thioether (sulfide) groups is 1. The molecule has 2 saturated heterocycles. The second-order valence-electron chi connectivity index (χ2n) is 6.19. The number of carbonyl (C=O) groups is 1. The normalized spacial score (nSPS) is 23.6. The Bertz CT molecular complexity index is 511. The molecule has 0 saturated carbocycles. The zero-order chi connectivity index (χ0) is 15.4. The van der Waals surface area contributed by atoms with Crippen LogP contribution in [-0.2, 0) is 0 Å². The summed E-state index contributed by atoms with van der Waals surface area (Å²) in [5.41, 5.74) is 0.725. The third kappa shape index (κ3) is 4.06. The largest absolute Gasteiger partial charge is 0.352 e. The number of hydrogen-bond donors (Lipinski definition) is 1. The summed E-state index contributed by atoms with van der Waals surface area (Å²) in [6.45, 7) is 3.19. The molecular weight excluding hydrogens is 360 g/mol. The van der Waals surface area contributed by atoms with Gasteiger partial charge in [-0.2, -0.15) is 11.8 Å². The van der Waals surface area contributed by atoms with Gasteiger partial charge in [-0.1, -0.05) is 12.1 Å². The fourth-order valence-corrected chi connectivity index (χ4v) is 5.03. The number of amides is 1. The lowest BCUT2D eigenvalue weighted by atomic mass is 9.95. The van der Waals surface area contributed by atoms with Crippen molar-refractivity contribution < 1.29 is 4.79 Å². The lowest BCUT2D eigenvalue weighted by molar-refractivity contribution is 0.0927. The molecule has 1 aromatic carbocycles. The van der Waals surface area contributed by atoms with Crippen LogP contribution in [0.4, 0.5) is 0 Å². The highest BCUT2D eigenvalue weighted by atomic mass is 79.9. The highest BCUT2D eigenvalue weighted by Crippen LogP contribution is 2.26. The Kier molecular flexibility index (Phi) is 5.83. The fraction of sp³-hybridized carbons (Fsp3) is 0.588. The number of rotatable bonds is 4. The number of benzene rings is 1. The number of nitrogens with one attached hydrogen (secondary N) is 1. The third-order valence-electron chi connectivity index (χ3n) is 4.74. The molecule has 1 atom stereocenters. The minimum absolute atomic E-state index is 0.0297. The summed E-state index contributed by atoms with van der Waals surface area (Å²) in [5.74, 6) is 3.29. The first kappa shape index (κ1) is 16.3. The Morgan fingerprint density at radius 3 is 2.73 bits per heavy atom. The van der Waals surface area contributed by atoms with E-state index in [0.717, 1.165) is 22.6 Å². The van der Waals surface area contributed by atoms with E-state index in [4.69, 9.17) is 0 Å². The van der Waals surface area contributed by atoms with Crippen LogP contribution in [-0.4, -0.2) is 48.0 Å². The maximum Gasteiger partial charge on any atom is 0.252 e. The van der Waals surface area contributed by atoms with E-state index >= 15 is 0 Å². The van der Waals surface area contributed by atoms with Gasteiger partial charge >= 0.3 is 0 Å². The van der Waals surface area contributed by atoms with Gasteiger partial charge < -0.3 is 5.32 Å². The van der Waals surface area contributed by atoms with Crippen LogP contribution < -0.4 is 5.32 Å². The predicted molar refractivity (Wildman–Crippen MR) is 96.5 cm³/mol. The van der Waals surface area contributed by atoms with E-state index in [9.17, 15) is 4.79 Å². The molecule has 3 nitrogen and oxygen atoms in total. The Labute approximate surface area is 145 Å². The molecular formula is C17H23BrN2OS. The number of hydrogen-bond acceptors (Lipinski definition) is 3. The number of carbonyl (C=O) groups excluding carboxylic acids is 1. The SMILES string of the molecule is O=C(NCC1CCN([C@@H]2CCSC2)CC1)c1ccccc1Br. The number of likely N-dealkylation sites (tertiary alicyclic amines) is 1. The molecule has 0 spiro atoms. The number of piperidine rings is 1. The van der Waals surface area contributed by atoms with Crippen LogP contribution in [0.2, 0.25) is 0 Å². The maximum atomic E-state index is 12.2. The third-order valence-corrected chi connectivity index (χ3v) is 6.58. The highest BCUT2D eigenvalue weighted by molar-refractivity contribution is 9.10. The molecule has 3 rings (SSSR count). The maximum absolute atomic E-state index is 12.2. The summed E-state index contributed by atoms with van der Waals surface area (Å²) in [4.78, 5) is 14.9. The molecule has 22 heavy (non-hydrogen) atoms. The fourth-order valence-electron chi connectivity index (χ4n) is 3.31. The van der Waals surface area contributed by atoms with Crippen LogP contribution in [0, 0.1) is 5.92 Å². The molecule has 0 bridgehead atoms. The van der Waals surface area contributed by atoms with Gasteiger partial charge in [-0.25, -0.2) is 0 Å². The molecule has 1 aromatic rings. The average molecular weight is 383 g/mol. The molecule has 0 aromatic heterocycles. The predicted octanol–water partition coefficient (Wildman–Crippen LogP) is 3.40. The Morgan fingerprint density at radius 1 is 1.27 bits per heavy atom. The molecule has 1 amide bonds. The van der Waals surface area contributed by atoms with Crippen molar-refractivity contribution in [3.63, 3.8) is 0 Å². The van der Waals surface area contributed by atoms with Gasteiger partial charge in [0.15, 0.2) is 0 Å². The van der Waals surface area contributed by atoms with E-state index in [1.165, 1.54) is 43.9 Å². The molecule has 2 heterocycles. The van der Waals surface area contributed by atoms with Crippen LogP contribution in [0.25, 0.3) is 0 Å². The van der Waals surface area contributed by atoms with Crippen LogP contribution >= 0.6 is 27.7 Å². The summed E-state index contributed by atoms with van der Waals surface area (Å²) in [6.07, 6.45) is 3.77. The molecule has 0 radical (unpaired) electrons. The van der Waals surface area contributed by atoms with Crippen molar-refractivity contribution in [1.82, 2.24) is 10.2 Å². The first-order valence-corrected chi connectivity index (χ1v) is 10.0. The lowest BCUT2D eigenvalue weighted by Crippen LogP contribution is -2.43. The Hall–Kier alpha value is -0.520. The quantitative estimate of drug-likeness (QED) is 0.865. The molecule has 120 valence electrons. The Morgan fingerprint density at radius 2 is 2.05 bits per heavy atom. The summed E-state index contributed by atoms with van der Waals surface area (Å²) >= 11 is 5.53. The minimum Gasteiger partial charge on any atom is -0.352 e. The molecule has 1 N–H and O–H groups in total. The van der Waals surface area contributed by atoms with E-state index in [1.807, 2.05) is 24.3 Å². The summed E-state index contributed by atoms with van der Waals surface area (Å²) in [7, 11) is 0. The van der Waals surface area contributed by atoms with Crippen molar-refractivity contribution in [2.75, 3.05) is 31.1 Å². The van der Waals surface area contributed by atoms with Gasteiger partial charge in [-0.05, 0) is 72.1 Å². The number of nitrogens with zero attached hydrogens (tertiary/aromatic N) is 1. The van der Waals surface area contributed by atoms with E-state index in [0.29, 0.717) is 5.92 Å². The van der Waals surface area contributed by atoms with Crippen molar-refractivity contribution in [2.24, 2.45) is 5.92 Å². The minimum atomic E-state index is 0.0297. The summed E-state index contributed by atoms with van der Waals surface area (Å²) in [5, 5.41) is 3.10. The lowest BCUT2D eigenvalue weighted by Gasteiger charge is -2.35. The van der Waals surface area contributed by atoms with Gasteiger partial charge in [0.25, 0.3) is 5.91 Å². The van der Waals surface area contributed by atoms with Crippen molar-refractivity contribution >= 4 is 33.6 Å². The second kappa shape index (κ2) is 7.84.